The van der Waals surface area contributed by atoms with Gasteiger partial charge < -0.3 is 20.1 Å². The van der Waals surface area contributed by atoms with Gasteiger partial charge in [0.1, 0.15) is 0 Å². The third-order valence-corrected chi connectivity index (χ3v) is 8.92. The molecule has 224 valence electrons. The third kappa shape index (κ3) is 6.69. The Labute approximate surface area is 242 Å². The minimum atomic E-state index is -0.868. The molecule has 41 heavy (non-hydrogen) atoms. The van der Waals surface area contributed by atoms with Crippen LogP contribution in [0.1, 0.15) is 46.1 Å². The van der Waals surface area contributed by atoms with Gasteiger partial charge in [0.2, 0.25) is 0 Å². The molecule has 2 aliphatic heterocycles. The second-order valence-corrected chi connectivity index (χ2v) is 12.4. The highest BCUT2D eigenvalue weighted by Gasteiger charge is 2.48. The number of benzene rings is 2. The van der Waals surface area contributed by atoms with E-state index in [1.54, 1.807) is 29.0 Å². The number of nitrogens with zero attached hydrogens (tertiary/aromatic N) is 4. The summed E-state index contributed by atoms with van der Waals surface area (Å²) in [5.41, 5.74) is 1.93. The molecule has 10 heteroatoms. The molecule has 0 bridgehead atoms. The van der Waals surface area contributed by atoms with Crippen molar-refractivity contribution in [3.05, 3.63) is 53.8 Å². The molecule has 0 aliphatic carbocycles. The van der Waals surface area contributed by atoms with Gasteiger partial charge in [0.25, 0.3) is 0 Å². The first-order valence-electron chi connectivity index (χ1n) is 14.3. The highest BCUT2D eigenvalue weighted by molar-refractivity contribution is 5.91. The summed E-state index contributed by atoms with van der Waals surface area (Å²) in [6.07, 6.45) is 0.677. The fraction of sp³-hybridized carbons (Fsp3) is 0.548. The van der Waals surface area contributed by atoms with E-state index in [9.17, 15) is 19.1 Å². The predicted molar refractivity (Wildman–Crippen MR) is 159 cm³/mol. The van der Waals surface area contributed by atoms with Crippen molar-refractivity contribution in [1.82, 2.24) is 14.7 Å². The maximum absolute atomic E-state index is 14.0. The zero-order chi connectivity index (χ0) is 29.9. The molecule has 0 saturated carbocycles. The minimum Gasteiger partial charge on any atom is -0.494 e. The van der Waals surface area contributed by atoms with Crippen LogP contribution in [0.15, 0.2) is 42.5 Å². The van der Waals surface area contributed by atoms with E-state index < -0.39 is 17.4 Å². The Morgan fingerprint density at radius 2 is 1.76 bits per heavy atom. The van der Waals surface area contributed by atoms with Crippen molar-refractivity contribution in [2.75, 3.05) is 57.1 Å². The number of hydrogen-bond acceptors (Lipinski definition) is 5. The molecule has 2 fully saturated rings. The molecule has 4 rings (SSSR count). The van der Waals surface area contributed by atoms with Gasteiger partial charge in [-0.1, -0.05) is 32.9 Å². The van der Waals surface area contributed by atoms with Gasteiger partial charge in [0, 0.05) is 69.8 Å². The van der Waals surface area contributed by atoms with Crippen LogP contribution in [0.4, 0.5) is 25.4 Å². The van der Waals surface area contributed by atoms with Crippen LogP contribution in [0.25, 0.3) is 0 Å². The molecule has 2 heterocycles. The number of carboxylic acid groups (broad SMARTS) is 1. The molecule has 0 radical (unpaired) electrons. The number of piperazine rings is 1. The van der Waals surface area contributed by atoms with Crippen molar-refractivity contribution in [1.29, 1.82) is 0 Å². The highest BCUT2D eigenvalue weighted by Crippen LogP contribution is 2.38. The van der Waals surface area contributed by atoms with E-state index in [-0.39, 0.29) is 23.2 Å². The number of carbonyl (C=O) groups excluding carboxylic acids is 1. The van der Waals surface area contributed by atoms with Gasteiger partial charge >= 0.3 is 12.1 Å². The largest absolute Gasteiger partial charge is 0.494 e. The number of urea groups is 1. The van der Waals surface area contributed by atoms with Crippen molar-refractivity contribution in [2.45, 2.75) is 58.7 Å². The summed E-state index contributed by atoms with van der Waals surface area (Å²) in [4.78, 5) is 32.6. The van der Waals surface area contributed by atoms with Gasteiger partial charge in [-0.25, -0.2) is 14.0 Å². The lowest BCUT2D eigenvalue weighted by molar-refractivity contribution is -0.0462. The van der Waals surface area contributed by atoms with Gasteiger partial charge in [-0.2, -0.15) is 0 Å². The van der Waals surface area contributed by atoms with E-state index >= 15 is 0 Å². The molecule has 9 nitrogen and oxygen atoms in total. The van der Waals surface area contributed by atoms with E-state index in [1.807, 2.05) is 36.1 Å². The van der Waals surface area contributed by atoms with Crippen LogP contribution < -0.4 is 15.0 Å². The van der Waals surface area contributed by atoms with Crippen molar-refractivity contribution in [3.63, 3.8) is 0 Å². The maximum atomic E-state index is 14.0. The lowest BCUT2D eigenvalue weighted by Crippen LogP contribution is -2.67. The normalized spacial score (nSPS) is 20.6. The SMILES string of the molecule is COc1ccc(NC2CCN(C(=O)N(C)c3ccc(CN4CCN(C(=O)O)[C@@](C)(C(C)(C)C)C4)cc3)CC2)cc1F. The number of methoxy groups -OCH3 is 1. The number of halogens is 1. The molecule has 3 amide bonds. The van der Waals surface area contributed by atoms with Crippen molar-refractivity contribution >= 4 is 23.5 Å². The quantitative estimate of drug-likeness (QED) is 0.473. The lowest BCUT2D eigenvalue weighted by Gasteiger charge is -2.54. The lowest BCUT2D eigenvalue weighted by atomic mass is 9.72. The van der Waals surface area contributed by atoms with Crippen molar-refractivity contribution in [2.24, 2.45) is 5.41 Å². The van der Waals surface area contributed by atoms with E-state index in [4.69, 9.17) is 4.74 Å². The maximum Gasteiger partial charge on any atom is 0.407 e. The number of amides is 3. The van der Waals surface area contributed by atoms with Crippen molar-refractivity contribution in [3.8, 4) is 5.75 Å². The second-order valence-electron chi connectivity index (χ2n) is 12.4. The monoisotopic (exact) mass is 569 g/mol. The van der Waals surface area contributed by atoms with Gasteiger partial charge in [-0.15, -0.1) is 0 Å². The van der Waals surface area contributed by atoms with E-state index in [0.717, 1.165) is 30.6 Å². The number of likely N-dealkylation sites (tertiary alicyclic amines) is 1. The molecule has 2 saturated heterocycles. The van der Waals surface area contributed by atoms with Crippen molar-refractivity contribution < 1.29 is 23.8 Å². The Bertz CT molecular complexity index is 1230. The summed E-state index contributed by atoms with van der Waals surface area (Å²) in [7, 11) is 3.24. The summed E-state index contributed by atoms with van der Waals surface area (Å²) < 4.78 is 19.0. The highest BCUT2D eigenvalue weighted by atomic mass is 19.1. The minimum absolute atomic E-state index is 0.0440. The molecule has 0 aromatic heterocycles. The van der Waals surface area contributed by atoms with Gasteiger partial charge in [0.05, 0.1) is 12.6 Å². The summed E-state index contributed by atoms with van der Waals surface area (Å²) in [5, 5.41) is 13.2. The van der Waals surface area contributed by atoms with E-state index in [2.05, 4.69) is 31.0 Å². The number of piperidine rings is 1. The smallest absolute Gasteiger partial charge is 0.407 e. The number of hydrogen-bond donors (Lipinski definition) is 2. The van der Waals surface area contributed by atoms with Crippen LogP contribution in [0.3, 0.4) is 0 Å². The van der Waals surface area contributed by atoms with Crippen LogP contribution in [0.5, 0.6) is 5.75 Å². The number of carbonyl (C=O) groups is 2. The Morgan fingerprint density at radius 1 is 1.10 bits per heavy atom. The van der Waals surface area contributed by atoms with Crippen LogP contribution in [0.2, 0.25) is 0 Å². The molecule has 0 unspecified atom stereocenters. The Balaban J connectivity index is 1.30. The van der Waals surface area contributed by atoms with E-state index in [1.165, 1.54) is 13.2 Å². The Kier molecular flexibility index (Phi) is 9.01. The molecule has 2 N–H and O–H groups in total. The fourth-order valence-electron chi connectivity index (χ4n) is 5.78. The average molecular weight is 570 g/mol. The zero-order valence-electron chi connectivity index (χ0n) is 25.1. The van der Waals surface area contributed by atoms with Crippen LogP contribution >= 0.6 is 0 Å². The predicted octanol–water partition coefficient (Wildman–Crippen LogP) is 5.57. The standard InChI is InChI=1S/C31H44FN5O4/c1-30(2,3)31(4)21-35(17-18-37(31)29(39)40)20-22-7-10-25(11-8-22)34(5)28(38)36-15-13-23(14-16-36)33-24-9-12-27(41-6)26(32)19-24/h7-12,19,23,33H,13-18,20-21H2,1-6H3,(H,39,40)/t31-/m1/s1. The van der Waals surface area contributed by atoms with E-state index in [0.29, 0.717) is 38.4 Å². The topological polar surface area (TPSA) is 88.6 Å². The van der Waals surface area contributed by atoms with Gasteiger partial charge in [-0.05, 0) is 55.0 Å². The zero-order valence-corrected chi connectivity index (χ0v) is 25.1. The van der Waals surface area contributed by atoms with Crippen LogP contribution in [0, 0.1) is 11.2 Å². The summed E-state index contributed by atoms with van der Waals surface area (Å²) >= 11 is 0. The third-order valence-electron chi connectivity index (χ3n) is 8.92. The molecule has 2 aromatic carbocycles. The van der Waals surface area contributed by atoms with Gasteiger partial charge in [0.15, 0.2) is 11.6 Å². The summed E-state index contributed by atoms with van der Waals surface area (Å²) in [5.74, 6) is -0.184. The van der Waals surface area contributed by atoms with Gasteiger partial charge in [-0.3, -0.25) is 14.7 Å². The molecule has 1 atom stereocenters. The second kappa shape index (κ2) is 12.1. The molecular formula is C31H44FN5O4. The number of rotatable bonds is 6. The molecule has 0 spiro atoms. The molecule has 2 aliphatic rings. The van der Waals surface area contributed by atoms with Crippen LogP contribution in [-0.2, 0) is 6.54 Å². The Hall–Kier alpha value is -3.53. The fourth-order valence-corrected chi connectivity index (χ4v) is 5.78. The number of anilines is 2. The first kappa shape index (κ1) is 30.4. The molecule has 2 aromatic rings. The van der Waals surface area contributed by atoms with Crippen LogP contribution in [-0.4, -0.2) is 90.4 Å². The average Bonchev–Trinajstić information content (AvgIpc) is 2.92. The number of ether oxygens (including phenoxy) is 1. The summed E-state index contributed by atoms with van der Waals surface area (Å²) in [6, 6.07) is 13.0. The first-order valence-corrected chi connectivity index (χ1v) is 14.3. The summed E-state index contributed by atoms with van der Waals surface area (Å²) in [6.45, 7) is 12.1. The molecular weight excluding hydrogens is 525 g/mol. The first-order chi connectivity index (χ1) is 19.3. The Morgan fingerprint density at radius 3 is 2.32 bits per heavy atom. The number of nitrogens with one attached hydrogen (secondary N) is 1.